The van der Waals surface area contributed by atoms with Crippen molar-refractivity contribution in [1.82, 2.24) is 0 Å². The number of carbonyl (C=O) groups is 1. The molecule has 3 N–H and O–H groups in total. The third kappa shape index (κ3) is 6.15. The first-order valence-corrected chi connectivity index (χ1v) is 4.13. The summed E-state index contributed by atoms with van der Waals surface area (Å²) in [6.07, 6.45) is 0.635. The summed E-state index contributed by atoms with van der Waals surface area (Å²) in [6, 6.07) is 8.54. The highest BCUT2D eigenvalue weighted by Crippen LogP contribution is 2.01. The van der Waals surface area contributed by atoms with Gasteiger partial charge in [0.25, 0.3) is 0 Å². The van der Waals surface area contributed by atoms with Crippen molar-refractivity contribution in [2.24, 2.45) is 5.73 Å². The van der Waals surface area contributed by atoms with E-state index in [9.17, 15) is 4.79 Å². The minimum atomic E-state index is -0.959. The summed E-state index contributed by atoms with van der Waals surface area (Å²) in [5.74, 6) is -0.959. The third-order valence-corrected chi connectivity index (χ3v) is 1.62. The fourth-order valence-electron chi connectivity index (χ4n) is 0.955. The van der Waals surface area contributed by atoms with Crippen LogP contribution in [0.15, 0.2) is 30.3 Å². The maximum Gasteiger partial charge on any atom is 0.373 e. The number of carboxylic acid groups (broad SMARTS) is 1. The molecule has 5 nitrogen and oxygen atoms in total. The van der Waals surface area contributed by atoms with Crippen LogP contribution in [0.25, 0.3) is 0 Å². The molecule has 80 valence electrons. The fourth-order valence-corrected chi connectivity index (χ4v) is 0.955. The lowest BCUT2D eigenvalue weighted by atomic mass is 10.1. The molecule has 15 heavy (non-hydrogen) atoms. The Hall–Kier alpha value is -1.97. The molecule has 0 aromatic heterocycles. The van der Waals surface area contributed by atoms with Crippen LogP contribution in [0.5, 0.6) is 0 Å². The molecule has 0 heterocycles. The predicted molar refractivity (Wildman–Crippen MR) is 50.8 cm³/mol. The molecule has 0 aliphatic heterocycles. The largest absolute Gasteiger partial charge is 0.480 e. The molecule has 0 aliphatic rings. The first-order valence-electron chi connectivity index (χ1n) is 4.13. The molecule has 1 atom stereocenters. The molecule has 1 rings (SSSR count). The minimum Gasteiger partial charge on any atom is -0.480 e. The van der Waals surface area contributed by atoms with Crippen LogP contribution in [0.2, 0.25) is 0 Å². The Balaban J connectivity index is 0.000000583. The molecule has 0 aliphatic carbocycles. The fraction of sp³-hybridized carbons (Fsp3) is 0.200. The first-order chi connectivity index (χ1) is 7.11. The zero-order chi connectivity index (χ0) is 11.7. The Morgan fingerprint density at radius 2 is 1.80 bits per heavy atom. The maximum absolute atomic E-state index is 10.4. The van der Waals surface area contributed by atoms with Gasteiger partial charge < -0.3 is 10.8 Å². The predicted octanol–water partition coefficient (Wildman–Crippen LogP) is 0.0575. The number of carboxylic acids is 1. The zero-order valence-electron chi connectivity index (χ0n) is 7.92. The van der Waals surface area contributed by atoms with E-state index in [1.54, 1.807) is 0 Å². The van der Waals surface area contributed by atoms with E-state index in [-0.39, 0.29) is 6.15 Å². The standard InChI is InChI=1S/C9H11NO2.CO2/c10-8(9(11)12)6-7-4-2-1-3-5-7;2-1-3/h1-5,8H,6,10H2,(H,11,12);/t8-;/m0./s1. The van der Waals surface area contributed by atoms with Crippen molar-refractivity contribution in [1.29, 1.82) is 0 Å². The van der Waals surface area contributed by atoms with Gasteiger partial charge in [-0.3, -0.25) is 4.79 Å². The van der Waals surface area contributed by atoms with Crippen LogP contribution < -0.4 is 5.73 Å². The summed E-state index contributed by atoms with van der Waals surface area (Å²) in [6.45, 7) is 0. The average molecular weight is 209 g/mol. The van der Waals surface area contributed by atoms with E-state index < -0.39 is 12.0 Å². The Kier molecular flexibility index (Phi) is 6.46. The van der Waals surface area contributed by atoms with Crippen molar-refractivity contribution in [3.63, 3.8) is 0 Å². The van der Waals surface area contributed by atoms with Gasteiger partial charge in [-0.1, -0.05) is 30.3 Å². The van der Waals surface area contributed by atoms with Gasteiger partial charge in [-0.25, -0.2) is 0 Å². The molecule has 5 heteroatoms. The summed E-state index contributed by atoms with van der Waals surface area (Å²) >= 11 is 0. The van der Waals surface area contributed by atoms with Gasteiger partial charge in [-0.05, 0) is 12.0 Å². The highest BCUT2D eigenvalue weighted by Gasteiger charge is 2.10. The van der Waals surface area contributed by atoms with Gasteiger partial charge in [0, 0.05) is 0 Å². The molecule has 0 saturated heterocycles. The van der Waals surface area contributed by atoms with Crippen LogP contribution in [0.3, 0.4) is 0 Å². The van der Waals surface area contributed by atoms with Crippen molar-refractivity contribution < 1.29 is 19.5 Å². The molecule has 0 bridgehead atoms. The Labute approximate surface area is 86.5 Å². The third-order valence-electron chi connectivity index (χ3n) is 1.62. The SMILES string of the molecule is N[C@@H](Cc1ccccc1)C(=O)O.O=C=O. The zero-order valence-corrected chi connectivity index (χ0v) is 7.92. The second-order valence-electron chi connectivity index (χ2n) is 2.72. The quantitative estimate of drug-likeness (QED) is 0.733. The van der Waals surface area contributed by atoms with Gasteiger partial charge in [0.2, 0.25) is 0 Å². The number of hydrogen-bond donors (Lipinski definition) is 2. The summed E-state index contributed by atoms with van der Waals surface area (Å²) in [4.78, 5) is 26.6. The molecule has 1 aromatic carbocycles. The highest BCUT2D eigenvalue weighted by atomic mass is 16.4. The van der Waals surface area contributed by atoms with Crippen molar-refractivity contribution in [3.05, 3.63) is 35.9 Å². The molecule has 0 spiro atoms. The van der Waals surface area contributed by atoms with Gasteiger partial charge in [0.15, 0.2) is 0 Å². The van der Waals surface area contributed by atoms with Crippen LogP contribution in [0, 0.1) is 0 Å². The molecule has 0 saturated carbocycles. The van der Waals surface area contributed by atoms with Crippen molar-refractivity contribution >= 4 is 12.1 Å². The van der Waals surface area contributed by atoms with E-state index in [4.69, 9.17) is 20.4 Å². The number of aliphatic carboxylic acids is 1. The molecular weight excluding hydrogens is 198 g/mol. The minimum absolute atomic E-state index is 0.250. The van der Waals surface area contributed by atoms with Gasteiger partial charge in [0.05, 0.1) is 0 Å². The lowest BCUT2D eigenvalue weighted by molar-refractivity contribution is -0.191. The van der Waals surface area contributed by atoms with Crippen LogP contribution in [-0.2, 0) is 20.8 Å². The lowest BCUT2D eigenvalue weighted by Gasteiger charge is -2.04. The smallest absolute Gasteiger partial charge is 0.373 e. The van der Waals surface area contributed by atoms with Crippen LogP contribution >= 0.6 is 0 Å². The van der Waals surface area contributed by atoms with Crippen LogP contribution in [0.4, 0.5) is 0 Å². The summed E-state index contributed by atoms with van der Waals surface area (Å²) in [7, 11) is 0. The van der Waals surface area contributed by atoms with Crippen molar-refractivity contribution in [2.45, 2.75) is 12.5 Å². The second-order valence-corrected chi connectivity index (χ2v) is 2.72. The van der Waals surface area contributed by atoms with E-state index in [1.165, 1.54) is 0 Å². The van der Waals surface area contributed by atoms with E-state index >= 15 is 0 Å². The van der Waals surface area contributed by atoms with E-state index in [2.05, 4.69) is 0 Å². The number of rotatable bonds is 3. The second kappa shape index (κ2) is 7.44. The summed E-state index contributed by atoms with van der Waals surface area (Å²) < 4.78 is 0. The van der Waals surface area contributed by atoms with E-state index in [0.717, 1.165) is 5.56 Å². The normalized spacial score (nSPS) is 10.5. The monoisotopic (exact) mass is 209 g/mol. The molecule has 0 radical (unpaired) electrons. The number of benzene rings is 1. The summed E-state index contributed by atoms with van der Waals surface area (Å²) in [5, 5.41) is 8.52. The van der Waals surface area contributed by atoms with Crippen molar-refractivity contribution in [2.75, 3.05) is 0 Å². The number of hydrogen-bond acceptors (Lipinski definition) is 4. The average Bonchev–Trinajstić information content (AvgIpc) is 2.20. The number of nitrogens with two attached hydrogens (primary N) is 1. The molecule has 0 unspecified atom stereocenters. The van der Waals surface area contributed by atoms with E-state index in [0.29, 0.717) is 6.42 Å². The van der Waals surface area contributed by atoms with Gasteiger partial charge >= 0.3 is 12.1 Å². The van der Waals surface area contributed by atoms with Gasteiger partial charge in [-0.15, -0.1) is 0 Å². The summed E-state index contributed by atoms with van der Waals surface area (Å²) in [5.41, 5.74) is 6.30. The highest BCUT2D eigenvalue weighted by molar-refractivity contribution is 5.73. The lowest BCUT2D eigenvalue weighted by Crippen LogP contribution is -2.32. The van der Waals surface area contributed by atoms with Crippen molar-refractivity contribution in [3.8, 4) is 0 Å². The molecule has 1 aromatic rings. The molecular formula is C10H11NO4. The van der Waals surface area contributed by atoms with E-state index in [1.807, 2.05) is 30.3 Å². The Bertz CT molecular complexity index is 331. The molecule has 0 amide bonds. The topological polar surface area (TPSA) is 97.5 Å². The first kappa shape index (κ1) is 13.0. The molecule has 0 fully saturated rings. The van der Waals surface area contributed by atoms with Gasteiger partial charge in [0.1, 0.15) is 6.04 Å². The number of carbonyl (C=O) groups excluding carboxylic acids is 2. The van der Waals surface area contributed by atoms with Gasteiger partial charge in [-0.2, -0.15) is 9.59 Å². The van der Waals surface area contributed by atoms with Crippen LogP contribution in [-0.4, -0.2) is 23.3 Å². The maximum atomic E-state index is 10.4. The van der Waals surface area contributed by atoms with Crippen LogP contribution in [0.1, 0.15) is 5.56 Å². The Morgan fingerprint density at radius 1 is 1.33 bits per heavy atom. The Morgan fingerprint density at radius 3 is 2.20 bits per heavy atom.